The maximum atomic E-state index is 11.9. The van der Waals surface area contributed by atoms with Crippen LogP contribution in [-0.4, -0.2) is 37.1 Å². The van der Waals surface area contributed by atoms with Gasteiger partial charge in [-0.2, -0.15) is 0 Å². The Balaban J connectivity index is 2.03. The largest absolute Gasteiger partial charge is 0.469 e. The van der Waals surface area contributed by atoms with Gasteiger partial charge >= 0.3 is 12.0 Å². The second-order valence-corrected chi connectivity index (χ2v) is 5.79. The van der Waals surface area contributed by atoms with Crippen LogP contribution >= 0.6 is 23.2 Å². The second kappa shape index (κ2) is 7.00. The summed E-state index contributed by atoms with van der Waals surface area (Å²) in [7, 11) is 1.36. The summed E-state index contributed by atoms with van der Waals surface area (Å²) < 4.78 is 4.66. The number of rotatable bonds is 4. The lowest BCUT2D eigenvalue weighted by Crippen LogP contribution is -2.51. The number of benzene rings is 1. The van der Waals surface area contributed by atoms with Crippen molar-refractivity contribution in [1.82, 2.24) is 10.2 Å². The summed E-state index contributed by atoms with van der Waals surface area (Å²) >= 11 is 12.0. The molecule has 0 bridgehead atoms. The number of nitrogens with one attached hydrogen (secondary N) is 1. The fourth-order valence-corrected chi connectivity index (χ4v) is 2.72. The molecule has 0 radical (unpaired) electrons. The van der Waals surface area contributed by atoms with Gasteiger partial charge in [0.25, 0.3) is 0 Å². The molecule has 1 aliphatic heterocycles. The van der Waals surface area contributed by atoms with Crippen LogP contribution in [0, 0.1) is 5.92 Å². The fourth-order valence-electron chi connectivity index (χ4n) is 2.25. The van der Waals surface area contributed by atoms with Crippen molar-refractivity contribution in [1.29, 1.82) is 0 Å². The SMILES string of the molecule is COC(=O)CC1CNC(=O)N(Cc2ccc(Cl)cc2Cl)C1. The predicted octanol–water partition coefficient (Wildman–Crippen LogP) is 2.70. The van der Waals surface area contributed by atoms with Crippen LogP contribution in [0.1, 0.15) is 12.0 Å². The number of amides is 2. The molecule has 1 N–H and O–H groups in total. The summed E-state index contributed by atoms with van der Waals surface area (Å²) in [6.45, 7) is 1.33. The summed E-state index contributed by atoms with van der Waals surface area (Å²) in [6.07, 6.45) is 0.279. The first kappa shape index (κ1) is 15.9. The van der Waals surface area contributed by atoms with Crippen molar-refractivity contribution < 1.29 is 14.3 Å². The Morgan fingerprint density at radius 1 is 1.48 bits per heavy atom. The maximum absolute atomic E-state index is 11.9. The third-order valence-corrected chi connectivity index (χ3v) is 3.95. The van der Waals surface area contributed by atoms with Gasteiger partial charge in [0.05, 0.1) is 13.5 Å². The molecule has 0 aliphatic carbocycles. The van der Waals surface area contributed by atoms with Crippen molar-refractivity contribution in [3.8, 4) is 0 Å². The molecule has 0 saturated carbocycles. The van der Waals surface area contributed by atoms with Crippen molar-refractivity contribution in [2.24, 2.45) is 5.92 Å². The van der Waals surface area contributed by atoms with Crippen molar-refractivity contribution in [3.63, 3.8) is 0 Å². The number of urea groups is 1. The lowest BCUT2D eigenvalue weighted by molar-refractivity contribution is -0.141. The molecule has 1 fully saturated rings. The molecule has 1 aromatic rings. The lowest BCUT2D eigenvalue weighted by Gasteiger charge is -2.33. The van der Waals surface area contributed by atoms with E-state index < -0.39 is 0 Å². The van der Waals surface area contributed by atoms with Gasteiger partial charge in [-0.15, -0.1) is 0 Å². The average molecular weight is 331 g/mol. The summed E-state index contributed by atoms with van der Waals surface area (Å²) in [5.41, 5.74) is 0.815. The van der Waals surface area contributed by atoms with Crippen LogP contribution in [0.5, 0.6) is 0 Å². The highest BCUT2D eigenvalue weighted by Gasteiger charge is 2.27. The smallest absolute Gasteiger partial charge is 0.317 e. The summed E-state index contributed by atoms with van der Waals surface area (Å²) in [6, 6.07) is 5.01. The number of hydrogen-bond donors (Lipinski definition) is 1. The number of nitrogens with zero attached hydrogens (tertiary/aromatic N) is 1. The molecule has 1 heterocycles. The van der Waals surface area contributed by atoms with E-state index in [1.54, 1.807) is 23.1 Å². The number of hydrogen-bond acceptors (Lipinski definition) is 3. The first-order valence-electron chi connectivity index (χ1n) is 6.53. The Kier molecular flexibility index (Phi) is 5.31. The zero-order valence-electron chi connectivity index (χ0n) is 11.6. The summed E-state index contributed by atoms with van der Waals surface area (Å²) in [5, 5.41) is 3.84. The number of methoxy groups -OCH3 is 1. The van der Waals surface area contributed by atoms with Gasteiger partial charge in [-0.25, -0.2) is 4.79 Å². The van der Waals surface area contributed by atoms with Gasteiger partial charge < -0.3 is 15.0 Å². The standard InChI is InChI=1S/C14H16Cl2N2O3/c1-21-13(19)4-9-6-17-14(20)18(7-9)8-10-2-3-11(15)5-12(10)16/h2-3,5,9H,4,6-8H2,1H3,(H,17,20). The van der Waals surface area contributed by atoms with Gasteiger partial charge in [-0.1, -0.05) is 29.3 Å². The number of halogens is 2. The highest BCUT2D eigenvalue weighted by Crippen LogP contribution is 2.23. The van der Waals surface area contributed by atoms with Crippen LogP contribution in [0.25, 0.3) is 0 Å². The minimum absolute atomic E-state index is 0.0289. The zero-order chi connectivity index (χ0) is 15.4. The molecule has 0 aromatic heterocycles. The molecule has 1 aromatic carbocycles. The minimum Gasteiger partial charge on any atom is -0.469 e. The highest BCUT2D eigenvalue weighted by atomic mass is 35.5. The molecule has 2 amide bonds. The van der Waals surface area contributed by atoms with Gasteiger partial charge in [-0.05, 0) is 17.7 Å². The van der Waals surface area contributed by atoms with E-state index in [1.165, 1.54) is 7.11 Å². The molecule has 21 heavy (non-hydrogen) atoms. The molecule has 1 saturated heterocycles. The van der Waals surface area contributed by atoms with E-state index in [0.717, 1.165) is 5.56 Å². The quantitative estimate of drug-likeness (QED) is 0.863. The van der Waals surface area contributed by atoms with Crippen LogP contribution in [0.15, 0.2) is 18.2 Å². The molecule has 1 unspecified atom stereocenters. The van der Waals surface area contributed by atoms with Crippen molar-refractivity contribution >= 4 is 35.2 Å². The Bertz CT molecular complexity index is 551. The topological polar surface area (TPSA) is 58.6 Å². The van der Waals surface area contributed by atoms with Gasteiger partial charge in [0.1, 0.15) is 0 Å². The normalized spacial score (nSPS) is 18.3. The van der Waals surface area contributed by atoms with Crippen LogP contribution in [-0.2, 0) is 16.1 Å². The Morgan fingerprint density at radius 3 is 2.90 bits per heavy atom. The molecule has 1 aliphatic rings. The Hall–Kier alpha value is -1.46. The third kappa shape index (κ3) is 4.25. The van der Waals surface area contributed by atoms with Crippen LogP contribution in [0.2, 0.25) is 10.0 Å². The number of carbonyl (C=O) groups is 2. The van der Waals surface area contributed by atoms with Gasteiger partial charge in [0.2, 0.25) is 0 Å². The van der Waals surface area contributed by atoms with Crippen molar-refractivity contribution in [2.75, 3.05) is 20.2 Å². The van der Waals surface area contributed by atoms with Crippen LogP contribution in [0.3, 0.4) is 0 Å². The van der Waals surface area contributed by atoms with Crippen molar-refractivity contribution in [3.05, 3.63) is 33.8 Å². The zero-order valence-corrected chi connectivity index (χ0v) is 13.1. The Morgan fingerprint density at radius 2 is 2.24 bits per heavy atom. The molecule has 2 rings (SSSR count). The van der Waals surface area contributed by atoms with E-state index in [4.69, 9.17) is 23.2 Å². The van der Waals surface area contributed by atoms with Crippen molar-refractivity contribution in [2.45, 2.75) is 13.0 Å². The first-order chi connectivity index (χ1) is 9.99. The van der Waals surface area contributed by atoms with Gasteiger partial charge in [-0.3, -0.25) is 4.79 Å². The van der Waals surface area contributed by atoms with E-state index in [0.29, 0.717) is 29.7 Å². The molecule has 114 valence electrons. The number of carbonyl (C=O) groups excluding carboxylic acids is 2. The molecule has 5 nitrogen and oxygen atoms in total. The van der Waals surface area contributed by atoms with E-state index >= 15 is 0 Å². The predicted molar refractivity (Wildman–Crippen MR) is 80.4 cm³/mol. The van der Waals surface area contributed by atoms with E-state index in [2.05, 4.69) is 10.1 Å². The van der Waals surface area contributed by atoms with Gasteiger partial charge in [0.15, 0.2) is 0 Å². The number of ether oxygens (including phenoxy) is 1. The molecule has 7 heteroatoms. The molecular formula is C14H16Cl2N2O3. The third-order valence-electron chi connectivity index (χ3n) is 3.37. The molecule has 1 atom stereocenters. The van der Waals surface area contributed by atoms with Crippen LogP contribution < -0.4 is 5.32 Å². The maximum Gasteiger partial charge on any atom is 0.317 e. The molecular weight excluding hydrogens is 315 g/mol. The fraction of sp³-hybridized carbons (Fsp3) is 0.429. The van der Waals surface area contributed by atoms with E-state index in [-0.39, 0.29) is 24.3 Å². The first-order valence-corrected chi connectivity index (χ1v) is 7.28. The summed E-state index contributed by atoms with van der Waals surface area (Å²) in [4.78, 5) is 24.9. The lowest BCUT2D eigenvalue weighted by atomic mass is 10.0. The monoisotopic (exact) mass is 330 g/mol. The Labute approximate surface area is 133 Å². The van der Waals surface area contributed by atoms with E-state index in [1.807, 2.05) is 0 Å². The average Bonchev–Trinajstić information content (AvgIpc) is 2.45. The summed E-state index contributed by atoms with van der Waals surface area (Å²) in [5.74, 6) is -0.248. The second-order valence-electron chi connectivity index (χ2n) is 4.95. The molecule has 0 spiro atoms. The highest BCUT2D eigenvalue weighted by molar-refractivity contribution is 6.35. The van der Waals surface area contributed by atoms with Crippen LogP contribution in [0.4, 0.5) is 4.79 Å². The minimum atomic E-state index is -0.277. The number of esters is 1. The van der Waals surface area contributed by atoms with Gasteiger partial charge in [0, 0.05) is 35.6 Å². The van der Waals surface area contributed by atoms with E-state index in [9.17, 15) is 9.59 Å².